The molecule has 3 aromatic rings. The summed E-state index contributed by atoms with van der Waals surface area (Å²) in [6.45, 7) is 6.34. The molecule has 0 aliphatic carbocycles. The largest absolute Gasteiger partial charge is 0.497 e. The number of benzene rings is 3. The molecule has 2 radical (unpaired) electrons. The number of ether oxygens (including phenoxy) is 3. The van der Waals surface area contributed by atoms with Gasteiger partial charge in [-0.3, -0.25) is 0 Å². The van der Waals surface area contributed by atoms with Crippen molar-refractivity contribution >= 4 is 25.5 Å². The summed E-state index contributed by atoms with van der Waals surface area (Å²) in [6, 6.07) is 24.3. The van der Waals surface area contributed by atoms with Gasteiger partial charge in [0.15, 0.2) is 0 Å². The molecule has 0 aromatic heterocycles. The number of nitrogens with one attached hydrogen (secondary N) is 1. The normalized spacial score (nSPS) is 11.8. The topological polar surface area (TPSA) is 77.1 Å². The SMILES string of the molecule is [B]c1cccc(C[C@@H](CCN(Cc2cccc(OC)c2)C(=O)OC(C)(C)C)NC(=O)OCc2ccccc2)c1. The summed E-state index contributed by atoms with van der Waals surface area (Å²) in [5.41, 5.74) is 2.77. The van der Waals surface area contributed by atoms with Gasteiger partial charge in [-0.25, -0.2) is 9.59 Å². The first-order chi connectivity index (χ1) is 18.6. The van der Waals surface area contributed by atoms with Crippen LogP contribution in [0.15, 0.2) is 78.9 Å². The molecule has 8 heteroatoms. The molecule has 0 spiro atoms. The van der Waals surface area contributed by atoms with Crippen molar-refractivity contribution in [3.05, 3.63) is 95.6 Å². The first-order valence-corrected chi connectivity index (χ1v) is 13.0. The minimum Gasteiger partial charge on any atom is -0.497 e. The van der Waals surface area contributed by atoms with Crippen molar-refractivity contribution in [3.63, 3.8) is 0 Å². The Labute approximate surface area is 232 Å². The molecule has 1 atom stereocenters. The number of hydrogen-bond donors (Lipinski definition) is 1. The predicted molar refractivity (Wildman–Crippen MR) is 153 cm³/mol. The molecule has 0 saturated heterocycles. The monoisotopic (exact) mass is 528 g/mol. The summed E-state index contributed by atoms with van der Waals surface area (Å²) in [5.74, 6) is 0.707. The molecule has 204 valence electrons. The number of nitrogens with zero attached hydrogens (tertiary/aromatic N) is 1. The Balaban J connectivity index is 1.74. The van der Waals surface area contributed by atoms with E-state index in [2.05, 4.69) is 5.32 Å². The molecule has 1 N–H and O–H groups in total. The third-order valence-corrected chi connectivity index (χ3v) is 5.87. The van der Waals surface area contributed by atoms with Gasteiger partial charge in [-0.15, -0.1) is 0 Å². The van der Waals surface area contributed by atoms with Crippen LogP contribution in [0.4, 0.5) is 9.59 Å². The van der Waals surface area contributed by atoms with E-state index in [0.717, 1.165) is 16.7 Å². The fourth-order valence-electron chi connectivity index (χ4n) is 4.03. The van der Waals surface area contributed by atoms with E-state index in [9.17, 15) is 9.59 Å². The summed E-state index contributed by atoms with van der Waals surface area (Å²) < 4.78 is 16.5. The fourth-order valence-corrected chi connectivity index (χ4v) is 4.03. The van der Waals surface area contributed by atoms with Crippen molar-refractivity contribution in [1.29, 1.82) is 0 Å². The van der Waals surface area contributed by atoms with E-state index in [-0.39, 0.29) is 12.6 Å². The lowest BCUT2D eigenvalue weighted by atomic mass is 9.92. The summed E-state index contributed by atoms with van der Waals surface area (Å²) in [5, 5.41) is 2.98. The van der Waals surface area contributed by atoms with Crippen LogP contribution in [0, 0.1) is 0 Å². The van der Waals surface area contributed by atoms with Crippen LogP contribution < -0.4 is 15.5 Å². The van der Waals surface area contributed by atoms with Gasteiger partial charge < -0.3 is 24.4 Å². The molecular formula is C31H37BN2O5. The van der Waals surface area contributed by atoms with Crippen molar-refractivity contribution in [2.75, 3.05) is 13.7 Å². The molecule has 0 aliphatic rings. The maximum Gasteiger partial charge on any atom is 0.410 e. The molecule has 0 aliphatic heterocycles. The van der Waals surface area contributed by atoms with E-state index in [1.165, 1.54) is 0 Å². The van der Waals surface area contributed by atoms with E-state index in [4.69, 9.17) is 22.1 Å². The van der Waals surface area contributed by atoms with Crippen LogP contribution in [0.1, 0.15) is 43.9 Å². The number of carbonyl (C=O) groups is 2. The predicted octanol–water partition coefficient (Wildman–Crippen LogP) is 5.15. The second-order valence-electron chi connectivity index (χ2n) is 10.4. The van der Waals surface area contributed by atoms with Crippen molar-refractivity contribution in [3.8, 4) is 5.75 Å². The molecule has 0 unspecified atom stereocenters. The summed E-state index contributed by atoms with van der Waals surface area (Å²) in [7, 11) is 7.59. The molecule has 2 amide bonds. The van der Waals surface area contributed by atoms with Gasteiger partial charge in [0.25, 0.3) is 0 Å². The molecule has 3 aromatic carbocycles. The average molecular weight is 528 g/mol. The van der Waals surface area contributed by atoms with Crippen LogP contribution in [0.25, 0.3) is 0 Å². The lowest BCUT2D eigenvalue weighted by molar-refractivity contribution is 0.0226. The highest BCUT2D eigenvalue weighted by Gasteiger charge is 2.24. The minimum atomic E-state index is -0.649. The second kappa shape index (κ2) is 14.3. The zero-order chi connectivity index (χ0) is 28.3. The minimum absolute atomic E-state index is 0.164. The van der Waals surface area contributed by atoms with Gasteiger partial charge in [-0.05, 0) is 62.4 Å². The highest BCUT2D eigenvalue weighted by molar-refractivity contribution is 6.32. The summed E-state index contributed by atoms with van der Waals surface area (Å²) >= 11 is 0. The zero-order valence-electron chi connectivity index (χ0n) is 23.2. The van der Waals surface area contributed by atoms with E-state index in [0.29, 0.717) is 37.1 Å². The van der Waals surface area contributed by atoms with Crippen LogP contribution in [0.5, 0.6) is 5.75 Å². The van der Waals surface area contributed by atoms with Gasteiger partial charge in [-0.1, -0.05) is 72.2 Å². The Morgan fingerprint density at radius 1 is 0.923 bits per heavy atom. The van der Waals surface area contributed by atoms with Gasteiger partial charge in [0.1, 0.15) is 25.8 Å². The van der Waals surface area contributed by atoms with Crippen LogP contribution >= 0.6 is 0 Å². The van der Waals surface area contributed by atoms with E-state index in [1.54, 1.807) is 12.0 Å². The number of amides is 2. The molecule has 7 nitrogen and oxygen atoms in total. The fraction of sp³-hybridized carbons (Fsp3) is 0.355. The summed E-state index contributed by atoms with van der Waals surface area (Å²) in [4.78, 5) is 27.5. The standard InChI is InChI=1S/C31H37BN2O5/c1-31(2,3)39-30(36)34(21-25-13-9-15-28(20-25)37-4)17-16-27(19-24-12-8-14-26(32)18-24)33-29(35)38-22-23-10-6-5-7-11-23/h5-15,18,20,27H,16-17,19,21-22H2,1-4H3,(H,33,35)/t27-/m1/s1. The number of hydrogen-bond acceptors (Lipinski definition) is 5. The molecule has 39 heavy (non-hydrogen) atoms. The Kier molecular flexibility index (Phi) is 10.8. The second-order valence-corrected chi connectivity index (χ2v) is 10.4. The third-order valence-electron chi connectivity index (χ3n) is 5.87. The van der Waals surface area contributed by atoms with Crippen LogP contribution in [-0.4, -0.2) is 50.2 Å². The molecule has 0 fully saturated rings. The van der Waals surface area contributed by atoms with Crippen molar-refractivity contribution in [2.45, 2.75) is 58.4 Å². The zero-order valence-corrected chi connectivity index (χ0v) is 23.2. The number of rotatable bonds is 11. The van der Waals surface area contributed by atoms with Gasteiger partial charge in [0, 0.05) is 19.1 Å². The Morgan fingerprint density at radius 3 is 2.31 bits per heavy atom. The Morgan fingerprint density at radius 2 is 1.62 bits per heavy atom. The smallest absolute Gasteiger partial charge is 0.410 e. The Bertz CT molecular complexity index is 1210. The van der Waals surface area contributed by atoms with Crippen molar-refractivity contribution in [2.24, 2.45) is 0 Å². The average Bonchev–Trinajstić information content (AvgIpc) is 2.89. The molecular weight excluding hydrogens is 491 g/mol. The Hall–Kier alpha value is -3.94. The quantitative estimate of drug-likeness (QED) is 0.348. The highest BCUT2D eigenvalue weighted by Crippen LogP contribution is 2.18. The molecule has 3 rings (SSSR count). The van der Waals surface area contributed by atoms with Gasteiger partial charge in [-0.2, -0.15) is 0 Å². The van der Waals surface area contributed by atoms with Crippen LogP contribution in [0.3, 0.4) is 0 Å². The first-order valence-electron chi connectivity index (χ1n) is 13.0. The number of methoxy groups -OCH3 is 1. The highest BCUT2D eigenvalue weighted by atomic mass is 16.6. The van der Waals surface area contributed by atoms with Gasteiger partial charge >= 0.3 is 12.2 Å². The lowest BCUT2D eigenvalue weighted by Crippen LogP contribution is -2.42. The lowest BCUT2D eigenvalue weighted by Gasteiger charge is -2.29. The molecule has 0 heterocycles. The molecule has 0 saturated carbocycles. The molecule has 0 bridgehead atoms. The maximum atomic E-state index is 13.2. The van der Waals surface area contributed by atoms with E-state index >= 15 is 0 Å². The van der Waals surface area contributed by atoms with E-state index in [1.807, 2.05) is 99.6 Å². The van der Waals surface area contributed by atoms with Gasteiger partial charge in [0.2, 0.25) is 0 Å². The van der Waals surface area contributed by atoms with Crippen molar-refractivity contribution < 1.29 is 23.8 Å². The summed E-state index contributed by atoms with van der Waals surface area (Å²) in [6.07, 6.45) is 0.0367. The third kappa shape index (κ3) is 10.8. The van der Waals surface area contributed by atoms with Crippen LogP contribution in [0.2, 0.25) is 0 Å². The van der Waals surface area contributed by atoms with Crippen LogP contribution in [-0.2, 0) is 29.0 Å². The van der Waals surface area contributed by atoms with Crippen molar-refractivity contribution in [1.82, 2.24) is 10.2 Å². The maximum absolute atomic E-state index is 13.2. The first kappa shape index (κ1) is 29.6. The van der Waals surface area contributed by atoms with Gasteiger partial charge in [0.05, 0.1) is 7.11 Å². The number of carbonyl (C=O) groups excluding carboxylic acids is 2. The van der Waals surface area contributed by atoms with E-state index < -0.39 is 17.8 Å². The number of alkyl carbamates (subject to hydrolysis) is 1.